The van der Waals surface area contributed by atoms with Crippen LogP contribution in [0.5, 0.6) is 11.6 Å². The lowest BCUT2D eigenvalue weighted by atomic mass is 10.1. The van der Waals surface area contributed by atoms with Gasteiger partial charge in [0.15, 0.2) is 11.9 Å². The summed E-state index contributed by atoms with van der Waals surface area (Å²) in [5, 5.41) is 0. The molecule has 0 radical (unpaired) electrons. The third-order valence-electron chi connectivity index (χ3n) is 6.10. The van der Waals surface area contributed by atoms with Crippen molar-refractivity contribution in [3.05, 3.63) is 53.7 Å². The lowest BCUT2D eigenvalue weighted by Gasteiger charge is -2.35. The summed E-state index contributed by atoms with van der Waals surface area (Å²) in [4.78, 5) is 21.1. The molecule has 2 saturated heterocycles. The number of aromatic nitrogens is 1. The maximum atomic E-state index is 12.4. The van der Waals surface area contributed by atoms with E-state index in [9.17, 15) is 4.79 Å². The average molecular weight is 424 g/mol. The van der Waals surface area contributed by atoms with Crippen molar-refractivity contribution >= 4 is 6.09 Å². The molecule has 2 bridgehead atoms. The second-order valence-corrected chi connectivity index (χ2v) is 9.57. The number of hydrogen-bond donors (Lipinski definition) is 0. The molecule has 3 aliphatic rings. The minimum Gasteiger partial charge on any atom is -0.484 e. The number of amides is 1. The van der Waals surface area contributed by atoms with E-state index in [-0.39, 0.29) is 18.2 Å². The Bertz CT molecular complexity index is 956. The summed E-state index contributed by atoms with van der Waals surface area (Å²) in [6.07, 6.45) is 2.40. The number of hydrogen-bond acceptors (Lipinski definition) is 6. The molecule has 1 aromatic carbocycles. The summed E-state index contributed by atoms with van der Waals surface area (Å²) < 4.78 is 17.4. The van der Waals surface area contributed by atoms with Crippen LogP contribution in [0.3, 0.4) is 0 Å². The smallest absolute Gasteiger partial charge is 0.410 e. The Labute approximate surface area is 182 Å². The van der Waals surface area contributed by atoms with E-state index in [1.807, 2.05) is 37.8 Å². The summed E-state index contributed by atoms with van der Waals surface area (Å²) in [6, 6.07) is 12.9. The van der Waals surface area contributed by atoms with Crippen LogP contribution >= 0.6 is 0 Å². The van der Waals surface area contributed by atoms with Crippen molar-refractivity contribution in [2.75, 3.05) is 19.7 Å². The van der Waals surface area contributed by atoms with Crippen LogP contribution in [0.25, 0.3) is 0 Å². The number of benzene rings is 1. The minimum absolute atomic E-state index is 0.151. The van der Waals surface area contributed by atoms with Gasteiger partial charge in [0.1, 0.15) is 12.2 Å². The molecular formula is C24H29N3O4. The van der Waals surface area contributed by atoms with Crippen LogP contribution in [0.2, 0.25) is 0 Å². The fourth-order valence-electron chi connectivity index (χ4n) is 4.63. The lowest BCUT2D eigenvalue weighted by molar-refractivity contribution is 0.0124. The number of piperazine rings is 1. The Morgan fingerprint density at radius 2 is 1.97 bits per heavy atom. The van der Waals surface area contributed by atoms with Crippen molar-refractivity contribution in [2.45, 2.75) is 57.5 Å². The fraction of sp³-hybridized carbons (Fsp3) is 0.500. The van der Waals surface area contributed by atoms with Gasteiger partial charge in [-0.2, -0.15) is 0 Å². The van der Waals surface area contributed by atoms with E-state index < -0.39 is 5.60 Å². The quantitative estimate of drug-likeness (QED) is 0.749. The third-order valence-corrected chi connectivity index (χ3v) is 6.10. The topological polar surface area (TPSA) is 64.1 Å². The van der Waals surface area contributed by atoms with Gasteiger partial charge in [-0.15, -0.1) is 0 Å². The fourth-order valence-corrected chi connectivity index (χ4v) is 4.63. The standard InChI is InChI=1S/C24H29N3O4/c1-24(2,3)31-23(28)27-14-18-11-19(27)13-26(18)12-16-6-8-17(9-7-16)21-15-29-20-5-4-10-25-22(20)30-21/h4-10,18-19,21H,11-15H2,1-3H3/t18-,19-,21+/m0/s1. The minimum atomic E-state index is -0.453. The summed E-state index contributed by atoms with van der Waals surface area (Å²) in [6.45, 7) is 8.74. The molecule has 1 aromatic heterocycles. The summed E-state index contributed by atoms with van der Waals surface area (Å²) in [5.74, 6) is 1.24. The first-order valence-electron chi connectivity index (χ1n) is 10.9. The second kappa shape index (κ2) is 7.71. The number of pyridine rings is 1. The highest BCUT2D eigenvalue weighted by atomic mass is 16.6. The number of ether oxygens (including phenoxy) is 3. The Kier molecular flexibility index (Phi) is 5.01. The molecule has 31 heavy (non-hydrogen) atoms. The summed E-state index contributed by atoms with van der Waals surface area (Å²) in [7, 11) is 0. The van der Waals surface area contributed by atoms with Gasteiger partial charge in [0, 0.05) is 37.9 Å². The summed E-state index contributed by atoms with van der Waals surface area (Å²) in [5.41, 5.74) is 1.89. The van der Waals surface area contributed by atoms with Crippen molar-refractivity contribution in [3.8, 4) is 11.6 Å². The Balaban J connectivity index is 1.17. The van der Waals surface area contributed by atoms with Gasteiger partial charge >= 0.3 is 6.09 Å². The number of likely N-dealkylation sites (tertiary alicyclic amines) is 2. The zero-order chi connectivity index (χ0) is 21.6. The molecule has 7 heteroatoms. The SMILES string of the molecule is CC(C)(C)OC(=O)N1C[C@@H]2C[C@H]1CN2Cc1ccc([C@H]2COc3cccnc3O2)cc1. The van der Waals surface area contributed by atoms with Gasteiger partial charge in [-0.25, -0.2) is 9.78 Å². The molecule has 0 saturated carbocycles. The van der Waals surface area contributed by atoms with E-state index in [1.54, 1.807) is 6.20 Å². The maximum Gasteiger partial charge on any atom is 0.410 e. The number of rotatable bonds is 3. The van der Waals surface area contributed by atoms with Crippen LogP contribution in [0.1, 0.15) is 44.4 Å². The monoisotopic (exact) mass is 423 g/mol. The second-order valence-electron chi connectivity index (χ2n) is 9.57. The predicted molar refractivity (Wildman–Crippen MR) is 115 cm³/mol. The maximum absolute atomic E-state index is 12.4. The third kappa shape index (κ3) is 4.19. The Hall–Kier alpha value is -2.80. The van der Waals surface area contributed by atoms with E-state index in [0.29, 0.717) is 24.3 Å². The highest BCUT2D eigenvalue weighted by molar-refractivity contribution is 5.69. The van der Waals surface area contributed by atoms with E-state index >= 15 is 0 Å². The van der Waals surface area contributed by atoms with Gasteiger partial charge in [0.2, 0.25) is 0 Å². The molecule has 2 fully saturated rings. The molecule has 0 N–H and O–H groups in total. The molecular weight excluding hydrogens is 394 g/mol. The molecule has 2 aromatic rings. The molecule has 1 amide bonds. The van der Waals surface area contributed by atoms with Crippen LogP contribution in [-0.4, -0.2) is 58.3 Å². The van der Waals surface area contributed by atoms with Crippen molar-refractivity contribution in [1.82, 2.24) is 14.8 Å². The number of fused-ring (bicyclic) bond motifs is 3. The first-order chi connectivity index (χ1) is 14.9. The first kappa shape index (κ1) is 20.1. The zero-order valence-electron chi connectivity index (χ0n) is 18.3. The Morgan fingerprint density at radius 1 is 1.16 bits per heavy atom. The molecule has 3 aliphatic heterocycles. The molecule has 0 aliphatic carbocycles. The van der Waals surface area contributed by atoms with Crippen LogP contribution in [0.4, 0.5) is 4.79 Å². The molecule has 4 heterocycles. The van der Waals surface area contributed by atoms with Gasteiger partial charge in [-0.05, 0) is 50.5 Å². The number of carbonyl (C=O) groups excluding carboxylic acids is 1. The first-order valence-corrected chi connectivity index (χ1v) is 10.9. The van der Waals surface area contributed by atoms with Crippen LogP contribution in [-0.2, 0) is 11.3 Å². The number of nitrogens with zero attached hydrogens (tertiary/aromatic N) is 3. The number of carbonyl (C=O) groups is 1. The molecule has 3 atom stereocenters. The van der Waals surface area contributed by atoms with Gasteiger partial charge in [0.25, 0.3) is 5.88 Å². The summed E-state index contributed by atoms with van der Waals surface area (Å²) >= 11 is 0. The van der Waals surface area contributed by atoms with Crippen molar-refractivity contribution in [3.63, 3.8) is 0 Å². The van der Waals surface area contributed by atoms with Crippen molar-refractivity contribution < 1.29 is 19.0 Å². The van der Waals surface area contributed by atoms with Crippen LogP contribution in [0.15, 0.2) is 42.6 Å². The van der Waals surface area contributed by atoms with Gasteiger partial charge in [0.05, 0.1) is 0 Å². The van der Waals surface area contributed by atoms with Crippen molar-refractivity contribution in [2.24, 2.45) is 0 Å². The Morgan fingerprint density at radius 3 is 2.68 bits per heavy atom. The predicted octanol–water partition coefficient (Wildman–Crippen LogP) is 3.79. The largest absolute Gasteiger partial charge is 0.484 e. The highest BCUT2D eigenvalue weighted by Gasteiger charge is 2.46. The zero-order valence-corrected chi connectivity index (χ0v) is 18.3. The molecule has 0 spiro atoms. The van der Waals surface area contributed by atoms with Gasteiger partial charge in [-0.3, -0.25) is 4.90 Å². The lowest BCUT2D eigenvalue weighted by Crippen LogP contribution is -2.49. The molecule has 5 rings (SSSR count). The van der Waals surface area contributed by atoms with Crippen LogP contribution in [0, 0.1) is 0 Å². The average Bonchev–Trinajstić information content (AvgIpc) is 3.33. The molecule has 0 unspecified atom stereocenters. The van der Waals surface area contributed by atoms with E-state index in [4.69, 9.17) is 14.2 Å². The van der Waals surface area contributed by atoms with E-state index in [2.05, 4.69) is 34.1 Å². The normalized spacial score (nSPS) is 25.0. The van der Waals surface area contributed by atoms with E-state index in [0.717, 1.165) is 31.6 Å². The van der Waals surface area contributed by atoms with E-state index in [1.165, 1.54) is 5.56 Å². The highest BCUT2D eigenvalue weighted by Crippen LogP contribution is 2.35. The van der Waals surface area contributed by atoms with Gasteiger partial charge in [-0.1, -0.05) is 24.3 Å². The van der Waals surface area contributed by atoms with Crippen LogP contribution < -0.4 is 9.47 Å². The van der Waals surface area contributed by atoms with Crippen molar-refractivity contribution in [1.29, 1.82) is 0 Å². The molecule has 164 valence electrons. The molecule has 7 nitrogen and oxygen atoms in total. The van der Waals surface area contributed by atoms with Gasteiger partial charge < -0.3 is 19.1 Å².